The SMILES string of the molecule is C=CCN(C(=O)[C@H]1[C@H]2C(=O)N(CCCO)C(C(=O)N(CC=C)c3cc(C)ccc3C)C23CC(C)[C@]1(C)O3)c1ccc(OCC)cc1. The highest BCUT2D eigenvalue weighted by atomic mass is 16.5. The molecule has 3 heterocycles. The van der Waals surface area contributed by atoms with Crippen molar-refractivity contribution in [1.29, 1.82) is 0 Å². The van der Waals surface area contributed by atoms with Crippen molar-refractivity contribution >= 4 is 29.1 Å². The van der Waals surface area contributed by atoms with E-state index in [0.717, 1.165) is 16.8 Å². The lowest BCUT2D eigenvalue weighted by Crippen LogP contribution is -2.57. The van der Waals surface area contributed by atoms with E-state index < -0.39 is 29.1 Å². The number of ether oxygens (including phenoxy) is 2. The molecule has 2 aromatic carbocycles. The molecule has 246 valence electrons. The number of amides is 3. The van der Waals surface area contributed by atoms with E-state index in [9.17, 15) is 19.5 Å². The van der Waals surface area contributed by atoms with Crippen LogP contribution in [0.3, 0.4) is 0 Å². The normalized spacial score (nSPS) is 27.8. The van der Waals surface area contributed by atoms with Crippen molar-refractivity contribution in [2.75, 3.05) is 42.6 Å². The molecule has 3 fully saturated rings. The maximum Gasteiger partial charge on any atom is 0.253 e. The molecular weight excluding hydrogens is 582 g/mol. The number of rotatable bonds is 13. The standard InChI is InChI=1S/C37H47N3O6/c1-8-18-38(27-14-16-28(17-15-27)45-10-3)33(42)30-31-34(43)40(20-11-21-41)32(37(31)23-26(6)36(30,7)46-37)35(44)39(19-9-2)29-22-24(4)12-13-25(29)5/h8-9,12-17,22,26,30-32,41H,1-2,10-11,18-21,23H2,3-7H3/t26?,30-,31+,32?,36+,37?/m1/s1. The zero-order valence-electron chi connectivity index (χ0n) is 27.7. The predicted octanol–water partition coefficient (Wildman–Crippen LogP) is 4.83. The van der Waals surface area contributed by atoms with E-state index in [-0.39, 0.29) is 49.9 Å². The Hall–Kier alpha value is -3.95. The average Bonchev–Trinajstić information content (AvgIpc) is 3.55. The second-order valence-electron chi connectivity index (χ2n) is 13.0. The highest BCUT2D eigenvalue weighted by Gasteiger charge is 2.80. The zero-order valence-corrected chi connectivity index (χ0v) is 27.7. The largest absolute Gasteiger partial charge is 0.494 e. The molecule has 6 atom stereocenters. The number of benzene rings is 2. The van der Waals surface area contributed by atoms with Crippen molar-refractivity contribution in [2.45, 2.75) is 64.7 Å². The second-order valence-corrected chi connectivity index (χ2v) is 13.0. The predicted molar refractivity (Wildman–Crippen MR) is 179 cm³/mol. The monoisotopic (exact) mass is 629 g/mol. The molecule has 1 N–H and O–H groups in total. The maximum atomic E-state index is 14.9. The first-order chi connectivity index (χ1) is 22.0. The molecule has 0 radical (unpaired) electrons. The van der Waals surface area contributed by atoms with E-state index in [4.69, 9.17) is 9.47 Å². The molecule has 2 bridgehead atoms. The van der Waals surface area contributed by atoms with Crippen LogP contribution >= 0.6 is 0 Å². The number of aliphatic hydroxyl groups is 1. The third kappa shape index (κ3) is 5.33. The molecule has 3 saturated heterocycles. The van der Waals surface area contributed by atoms with Gasteiger partial charge >= 0.3 is 0 Å². The van der Waals surface area contributed by atoms with E-state index >= 15 is 0 Å². The van der Waals surface area contributed by atoms with Crippen LogP contribution in [0.2, 0.25) is 0 Å². The van der Waals surface area contributed by atoms with Crippen molar-refractivity contribution in [3.63, 3.8) is 0 Å². The first-order valence-corrected chi connectivity index (χ1v) is 16.2. The Labute approximate surface area is 272 Å². The number of hydrogen-bond acceptors (Lipinski definition) is 6. The molecule has 0 aliphatic carbocycles. The number of hydrogen-bond donors (Lipinski definition) is 1. The third-order valence-electron chi connectivity index (χ3n) is 10.1. The van der Waals surface area contributed by atoms with Crippen LogP contribution in [0.1, 0.15) is 44.7 Å². The fourth-order valence-corrected chi connectivity index (χ4v) is 7.98. The summed E-state index contributed by atoms with van der Waals surface area (Å²) < 4.78 is 12.6. The number of nitrogens with zero attached hydrogens (tertiary/aromatic N) is 3. The zero-order chi connectivity index (χ0) is 33.4. The molecule has 3 amide bonds. The van der Waals surface area contributed by atoms with Crippen LogP contribution in [0.5, 0.6) is 5.75 Å². The fraction of sp³-hybridized carbons (Fsp3) is 0.486. The van der Waals surface area contributed by atoms with Gasteiger partial charge in [0.05, 0.1) is 24.0 Å². The fourth-order valence-electron chi connectivity index (χ4n) is 7.98. The molecule has 3 unspecified atom stereocenters. The Morgan fingerprint density at radius 2 is 1.76 bits per heavy atom. The Morgan fingerprint density at radius 1 is 1.09 bits per heavy atom. The molecule has 9 nitrogen and oxygen atoms in total. The lowest BCUT2D eigenvalue weighted by molar-refractivity contribution is -0.146. The minimum Gasteiger partial charge on any atom is -0.494 e. The van der Waals surface area contributed by atoms with Gasteiger partial charge in [0.15, 0.2) is 0 Å². The summed E-state index contributed by atoms with van der Waals surface area (Å²) in [5.74, 6) is -1.93. The van der Waals surface area contributed by atoms with E-state index in [1.54, 1.807) is 26.9 Å². The minimum absolute atomic E-state index is 0.113. The number of carbonyl (C=O) groups is 3. The van der Waals surface area contributed by atoms with E-state index in [1.165, 1.54) is 0 Å². The average molecular weight is 630 g/mol. The highest BCUT2D eigenvalue weighted by Crippen LogP contribution is 2.65. The van der Waals surface area contributed by atoms with Crippen LogP contribution in [0, 0.1) is 31.6 Å². The molecule has 0 aromatic heterocycles. The number of carbonyl (C=O) groups excluding carboxylic acids is 3. The van der Waals surface area contributed by atoms with E-state index in [0.29, 0.717) is 30.9 Å². The Kier molecular flexibility index (Phi) is 9.47. The summed E-state index contributed by atoms with van der Waals surface area (Å²) in [6.45, 7) is 18.6. The summed E-state index contributed by atoms with van der Waals surface area (Å²) in [6.07, 6.45) is 4.09. The van der Waals surface area contributed by atoms with Gasteiger partial charge in [0.25, 0.3) is 5.91 Å². The first kappa shape index (κ1) is 33.4. The lowest BCUT2D eigenvalue weighted by Gasteiger charge is -2.39. The molecule has 3 aliphatic heterocycles. The molecule has 9 heteroatoms. The van der Waals surface area contributed by atoms with Crippen molar-refractivity contribution in [3.8, 4) is 5.75 Å². The number of anilines is 2. The Balaban J connectivity index is 1.60. The van der Waals surface area contributed by atoms with Crippen LogP contribution in [-0.2, 0) is 19.1 Å². The highest BCUT2D eigenvalue weighted by molar-refractivity contribution is 6.07. The third-order valence-corrected chi connectivity index (χ3v) is 10.1. The summed E-state index contributed by atoms with van der Waals surface area (Å²) in [6, 6.07) is 12.3. The van der Waals surface area contributed by atoms with Gasteiger partial charge < -0.3 is 29.3 Å². The van der Waals surface area contributed by atoms with Crippen LogP contribution in [0.25, 0.3) is 0 Å². The van der Waals surface area contributed by atoms with Gasteiger partial charge in [0, 0.05) is 37.6 Å². The smallest absolute Gasteiger partial charge is 0.253 e. The van der Waals surface area contributed by atoms with Gasteiger partial charge in [-0.25, -0.2) is 0 Å². The maximum absolute atomic E-state index is 14.9. The molecular formula is C37H47N3O6. The Morgan fingerprint density at radius 3 is 2.39 bits per heavy atom. The quantitative estimate of drug-likeness (QED) is 0.319. The van der Waals surface area contributed by atoms with E-state index in [2.05, 4.69) is 13.2 Å². The lowest BCUT2D eigenvalue weighted by atomic mass is 9.62. The van der Waals surface area contributed by atoms with Crippen LogP contribution in [0.15, 0.2) is 67.8 Å². The van der Waals surface area contributed by atoms with Crippen LogP contribution in [-0.4, -0.2) is 77.8 Å². The summed E-state index contributed by atoms with van der Waals surface area (Å²) in [5.41, 5.74) is 1.12. The van der Waals surface area contributed by atoms with Gasteiger partial charge in [-0.1, -0.05) is 31.2 Å². The number of aryl methyl sites for hydroxylation is 2. The minimum atomic E-state index is -1.21. The van der Waals surface area contributed by atoms with Crippen LogP contribution < -0.4 is 14.5 Å². The molecule has 5 rings (SSSR count). The van der Waals surface area contributed by atoms with Gasteiger partial charge in [-0.2, -0.15) is 0 Å². The second kappa shape index (κ2) is 13.0. The molecule has 0 saturated carbocycles. The van der Waals surface area contributed by atoms with Crippen molar-refractivity contribution in [1.82, 2.24) is 4.90 Å². The van der Waals surface area contributed by atoms with E-state index in [1.807, 2.05) is 77.1 Å². The van der Waals surface area contributed by atoms with Crippen molar-refractivity contribution < 1.29 is 29.0 Å². The molecule has 1 spiro atoms. The van der Waals surface area contributed by atoms with Gasteiger partial charge in [0.1, 0.15) is 17.4 Å². The van der Waals surface area contributed by atoms with Gasteiger partial charge in [-0.3, -0.25) is 14.4 Å². The van der Waals surface area contributed by atoms with Crippen molar-refractivity contribution in [2.24, 2.45) is 17.8 Å². The summed E-state index contributed by atoms with van der Waals surface area (Å²) in [5, 5.41) is 9.79. The summed E-state index contributed by atoms with van der Waals surface area (Å²) >= 11 is 0. The summed E-state index contributed by atoms with van der Waals surface area (Å²) in [7, 11) is 0. The molecule has 2 aromatic rings. The van der Waals surface area contributed by atoms with Crippen molar-refractivity contribution in [3.05, 3.63) is 78.9 Å². The number of likely N-dealkylation sites (tertiary alicyclic amines) is 1. The molecule has 3 aliphatic rings. The summed E-state index contributed by atoms with van der Waals surface area (Å²) in [4.78, 5) is 49.1. The van der Waals surface area contributed by atoms with Gasteiger partial charge in [0.2, 0.25) is 11.8 Å². The van der Waals surface area contributed by atoms with Crippen LogP contribution in [0.4, 0.5) is 11.4 Å². The van der Waals surface area contributed by atoms with Gasteiger partial charge in [-0.05, 0) is 87.9 Å². The first-order valence-electron chi connectivity index (χ1n) is 16.2. The number of aliphatic hydroxyl groups excluding tert-OH is 1. The number of fused-ring (bicyclic) bond motifs is 1. The van der Waals surface area contributed by atoms with Gasteiger partial charge in [-0.15, -0.1) is 13.2 Å². The Bertz CT molecular complexity index is 1510. The topological polar surface area (TPSA) is 99.6 Å². The molecule has 46 heavy (non-hydrogen) atoms.